The van der Waals surface area contributed by atoms with Crippen molar-refractivity contribution in [2.24, 2.45) is 7.05 Å². The molecule has 0 saturated heterocycles. The lowest BCUT2D eigenvalue weighted by Crippen LogP contribution is -2.08. The van der Waals surface area contributed by atoms with Crippen molar-refractivity contribution in [3.63, 3.8) is 0 Å². The monoisotopic (exact) mass is 283 g/mol. The van der Waals surface area contributed by atoms with E-state index in [-0.39, 0.29) is 0 Å². The molecule has 0 fully saturated rings. The number of oxazole rings is 1. The summed E-state index contributed by atoms with van der Waals surface area (Å²) < 4.78 is 6.60. The average molecular weight is 283 g/mol. The molecule has 0 aliphatic heterocycles. The predicted octanol–water partition coefficient (Wildman–Crippen LogP) is 2.72. The van der Waals surface area contributed by atoms with Crippen LogP contribution in [0.2, 0.25) is 0 Å². The molecule has 0 bridgehead atoms. The predicted molar refractivity (Wildman–Crippen MR) is 81.3 cm³/mol. The van der Waals surface area contributed by atoms with Crippen molar-refractivity contribution >= 4 is 11.1 Å². The molecule has 0 spiro atoms. The molecule has 0 saturated carbocycles. The summed E-state index contributed by atoms with van der Waals surface area (Å²) in [6, 6.07) is 13.4. The maximum Gasteiger partial charge on any atom is 0.419 e. The molecular weight excluding hydrogens is 266 g/mol. The van der Waals surface area contributed by atoms with E-state index in [0.717, 1.165) is 16.6 Å². The van der Waals surface area contributed by atoms with Gasteiger partial charge >= 0.3 is 5.76 Å². The highest BCUT2D eigenvalue weighted by Gasteiger charge is 2.12. The molecule has 4 heteroatoms. The van der Waals surface area contributed by atoms with Crippen molar-refractivity contribution < 1.29 is 9.52 Å². The molecule has 0 aliphatic rings. The summed E-state index contributed by atoms with van der Waals surface area (Å²) in [5.74, 6) is -0.393. The molecule has 0 aliphatic carbocycles. The van der Waals surface area contributed by atoms with E-state index in [0.29, 0.717) is 12.0 Å². The molecule has 4 nitrogen and oxygen atoms in total. The number of nitrogens with zero attached hydrogens (tertiary/aromatic N) is 1. The SMILES string of the molecule is Cc1ccc(CC(O)c2ccc3c(c2)oc(=O)n3C)cc1. The van der Waals surface area contributed by atoms with Gasteiger partial charge < -0.3 is 9.52 Å². The molecule has 108 valence electrons. The van der Waals surface area contributed by atoms with E-state index in [1.807, 2.05) is 37.3 Å². The zero-order valence-electron chi connectivity index (χ0n) is 12.0. The lowest BCUT2D eigenvalue weighted by atomic mass is 10.0. The molecule has 1 heterocycles. The summed E-state index contributed by atoms with van der Waals surface area (Å²) in [7, 11) is 1.66. The summed E-state index contributed by atoms with van der Waals surface area (Å²) in [5, 5.41) is 10.4. The highest BCUT2D eigenvalue weighted by atomic mass is 16.4. The van der Waals surface area contributed by atoms with Crippen LogP contribution in [0, 0.1) is 6.92 Å². The minimum Gasteiger partial charge on any atom is -0.408 e. The second-order valence-electron chi connectivity index (χ2n) is 5.36. The molecule has 1 atom stereocenters. The van der Waals surface area contributed by atoms with Gasteiger partial charge in [-0.25, -0.2) is 4.79 Å². The van der Waals surface area contributed by atoms with E-state index in [2.05, 4.69) is 0 Å². The standard InChI is InChI=1S/C17H17NO3/c1-11-3-5-12(6-4-11)9-15(19)13-7-8-14-16(10-13)21-17(20)18(14)2/h3-8,10,15,19H,9H2,1-2H3. The third-order valence-corrected chi connectivity index (χ3v) is 3.75. The van der Waals surface area contributed by atoms with E-state index in [1.165, 1.54) is 10.1 Å². The van der Waals surface area contributed by atoms with Gasteiger partial charge in [0.25, 0.3) is 0 Å². The summed E-state index contributed by atoms with van der Waals surface area (Å²) in [6.45, 7) is 2.03. The summed E-state index contributed by atoms with van der Waals surface area (Å²) in [5.41, 5.74) is 4.25. The fourth-order valence-corrected chi connectivity index (χ4v) is 2.42. The van der Waals surface area contributed by atoms with E-state index < -0.39 is 11.9 Å². The number of hydrogen-bond acceptors (Lipinski definition) is 3. The van der Waals surface area contributed by atoms with Gasteiger partial charge in [0.15, 0.2) is 5.58 Å². The number of aryl methyl sites for hydroxylation is 2. The van der Waals surface area contributed by atoms with Crippen LogP contribution in [-0.4, -0.2) is 9.67 Å². The average Bonchev–Trinajstić information content (AvgIpc) is 2.76. The second-order valence-corrected chi connectivity index (χ2v) is 5.36. The molecule has 0 radical (unpaired) electrons. The lowest BCUT2D eigenvalue weighted by molar-refractivity contribution is 0.178. The van der Waals surface area contributed by atoms with Gasteiger partial charge in [-0.2, -0.15) is 0 Å². The molecule has 1 N–H and O–H groups in total. The van der Waals surface area contributed by atoms with Crippen molar-refractivity contribution in [1.29, 1.82) is 0 Å². The fourth-order valence-electron chi connectivity index (χ4n) is 2.42. The van der Waals surface area contributed by atoms with Gasteiger partial charge in [-0.3, -0.25) is 4.57 Å². The van der Waals surface area contributed by atoms with Crippen molar-refractivity contribution in [3.8, 4) is 0 Å². The zero-order chi connectivity index (χ0) is 15.0. The topological polar surface area (TPSA) is 55.4 Å². The normalized spacial score (nSPS) is 12.7. The van der Waals surface area contributed by atoms with Crippen LogP contribution in [0.25, 0.3) is 11.1 Å². The van der Waals surface area contributed by atoms with Crippen LogP contribution in [-0.2, 0) is 13.5 Å². The van der Waals surface area contributed by atoms with Gasteiger partial charge in [-0.15, -0.1) is 0 Å². The molecule has 1 aromatic heterocycles. The van der Waals surface area contributed by atoms with E-state index in [4.69, 9.17) is 4.42 Å². The Morgan fingerprint density at radius 1 is 1.19 bits per heavy atom. The minimum absolute atomic E-state index is 0.393. The molecule has 0 amide bonds. The summed E-state index contributed by atoms with van der Waals surface area (Å²) in [6.07, 6.45) is -0.0920. The Labute approximate surface area is 122 Å². The number of fused-ring (bicyclic) bond motifs is 1. The first kappa shape index (κ1) is 13.6. The van der Waals surface area contributed by atoms with Gasteiger partial charge in [0.05, 0.1) is 11.6 Å². The van der Waals surface area contributed by atoms with Gasteiger partial charge in [0, 0.05) is 13.5 Å². The number of rotatable bonds is 3. The van der Waals surface area contributed by atoms with E-state index in [9.17, 15) is 9.90 Å². The van der Waals surface area contributed by atoms with E-state index >= 15 is 0 Å². The maximum atomic E-state index is 11.5. The van der Waals surface area contributed by atoms with Crippen LogP contribution < -0.4 is 5.76 Å². The van der Waals surface area contributed by atoms with Crippen molar-refractivity contribution in [3.05, 3.63) is 69.7 Å². The number of hydrogen-bond donors (Lipinski definition) is 1. The number of benzene rings is 2. The third kappa shape index (κ3) is 2.62. The Morgan fingerprint density at radius 2 is 1.90 bits per heavy atom. The Hall–Kier alpha value is -2.33. The summed E-state index contributed by atoms with van der Waals surface area (Å²) >= 11 is 0. The molecule has 1 unspecified atom stereocenters. The second kappa shape index (κ2) is 5.22. The van der Waals surface area contributed by atoms with Gasteiger partial charge in [0.1, 0.15) is 0 Å². The fraction of sp³-hybridized carbons (Fsp3) is 0.235. The Balaban J connectivity index is 1.89. The number of aromatic nitrogens is 1. The summed E-state index contributed by atoms with van der Waals surface area (Å²) in [4.78, 5) is 11.5. The first-order valence-corrected chi connectivity index (χ1v) is 6.87. The Morgan fingerprint density at radius 3 is 2.62 bits per heavy atom. The molecular formula is C17H17NO3. The molecule has 21 heavy (non-hydrogen) atoms. The highest BCUT2D eigenvalue weighted by molar-refractivity contribution is 5.73. The number of aliphatic hydroxyl groups is 1. The molecule has 3 aromatic rings. The Kier molecular flexibility index (Phi) is 3.39. The van der Waals surface area contributed by atoms with Crippen LogP contribution in [0.5, 0.6) is 0 Å². The zero-order valence-corrected chi connectivity index (χ0v) is 12.0. The third-order valence-electron chi connectivity index (χ3n) is 3.75. The van der Waals surface area contributed by atoms with Crippen molar-refractivity contribution in [2.45, 2.75) is 19.4 Å². The first-order valence-electron chi connectivity index (χ1n) is 6.87. The smallest absolute Gasteiger partial charge is 0.408 e. The quantitative estimate of drug-likeness (QED) is 0.804. The van der Waals surface area contributed by atoms with Gasteiger partial charge in [0.2, 0.25) is 0 Å². The van der Waals surface area contributed by atoms with Crippen LogP contribution in [0.1, 0.15) is 22.8 Å². The van der Waals surface area contributed by atoms with Crippen LogP contribution in [0.3, 0.4) is 0 Å². The lowest BCUT2D eigenvalue weighted by Gasteiger charge is -2.11. The van der Waals surface area contributed by atoms with Crippen LogP contribution >= 0.6 is 0 Å². The molecule has 3 rings (SSSR count). The minimum atomic E-state index is -0.623. The number of aliphatic hydroxyl groups excluding tert-OH is 1. The van der Waals surface area contributed by atoms with Gasteiger partial charge in [-0.05, 0) is 30.2 Å². The van der Waals surface area contributed by atoms with Crippen LogP contribution in [0.4, 0.5) is 0 Å². The van der Waals surface area contributed by atoms with Crippen molar-refractivity contribution in [2.75, 3.05) is 0 Å². The molecule has 2 aromatic carbocycles. The van der Waals surface area contributed by atoms with Gasteiger partial charge in [-0.1, -0.05) is 35.9 Å². The highest BCUT2D eigenvalue weighted by Crippen LogP contribution is 2.22. The van der Waals surface area contributed by atoms with Crippen molar-refractivity contribution in [1.82, 2.24) is 4.57 Å². The van der Waals surface area contributed by atoms with E-state index in [1.54, 1.807) is 19.2 Å². The largest absolute Gasteiger partial charge is 0.419 e. The first-order chi connectivity index (χ1) is 10.0. The maximum absolute atomic E-state index is 11.5. The van der Waals surface area contributed by atoms with Crippen LogP contribution in [0.15, 0.2) is 51.7 Å². The Bertz CT molecular complexity index is 827.